The summed E-state index contributed by atoms with van der Waals surface area (Å²) < 4.78 is 0. The molecule has 21 heavy (non-hydrogen) atoms. The maximum atomic E-state index is 12.6. The Kier molecular flexibility index (Phi) is 4.29. The first-order chi connectivity index (χ1) is 10.1. The van der Waals surface area contributed by atoms with Gasteiger partial charge in [0.1, 0.15) is 0 Å². The molecule has 0 N–H and O–H groups in total. The first-order valence-electron chi connectivity index (χ1n) is 8.20. The third kappa shape index (κ3) is 3.13. The second-order valence-corrected chi connectivity index (χ2v) is 6.66. The van der Waals surface area contributed by atoms with Crippen LogP contribution in [0.3, 0.4) is 0 Å². The van der Waals surface area contributed by atoms with Gasteiger partial charge in [0.2, 0.25) is 5.91 Å². The number of hydrogen-bond acceptors (Lipinski definition) is 2. The maximum Gasteiger partial charge on any atom is 0.223 e. The van der Waals surface area contributed by atoms with Crippen LogP contribution >= 0.6 is 0 Å². The van der Waals surface area contributed by atoms with Crippen LogP contribution in [0.5, 0.6) is 0 Å². The van der Waals surface area contributed by atoms with Crippen molar-refractivity contribution in [3.05, 3.63) is 35.4 Å². The molecule has 1 amide bonds. The Morgan fingerprint density at radius 1 is 1.19 bits per heavy atom. The summed E-state index contributed by atoms with van der Waals surface area (Å²) in [5.74, 6) is 0.349. The predicted octanol–water partition coefficient (Wildman–Crippen LogP) is 2.97. The van der Waals surface area contributed by atoms with Crippen molar-refractivity contribution in [1.82, 2.24) is 9.80 Å². The van der Waals surface area contributed by atoms with Gasteiger partial charge in [-0.1, -0.05) is 36.2 Å². The Morgan fingerprint density at radius 2 is 2.05 bits per heavy atom. The zero-order valence-corrected chi connectivity index (χ0v) is 13.2. The molecule has 2 aliphatic rings. The third-order valence-electron chi connectivity index (χ3n) is 5.08. The number of hydrogen-bond donors (Lipinski definition) is 0. The number of aryl methyl sites for hydroxylation is 1. The predicted molar refractivity (Wildman–Crippen MR) is 85.0 cm³/mol. The molecule has 0 saturated carbocycles. The number of benzene rings is 1. The first kappa shape index (κ1) is 14.6. The van der Waals surface area contributed by atoms with Gasteiger partial charge in [-0.15, -0.1) is 0 Å². The van der Waals surface area contributed by atoms with Gasteiger partial charge in [-0.05, 0) is 38.8 Å². The zero-order valence-electron chi connectivity index (χ0n) is 13.2. The average Bonchev–Trinajstić information content (AvgIpc) is 2.80. The van der Waals surface area contributed by atoms with Crippen molar-refractivity contribution in [3.63, 3.8) is 0 Å². The topological polar surface area (TPSA) is 23.6 Å². The van der Waals surface area contributed by atoms with Crippen LogP contribution in [-0.4, -0.2) is 41.4 Å². The molecule has 2 aliphatic heterocycles. The standard InChI is InChI=1S/C18H26N2O/c1-14-6-5-7-15(12-14)13-20-17-10-11-19(2)16(17)8-3-4-9-18(20)21/h5-7,12,16-17H,3-4,8-11,13H2,1-2H3/t16-,17+/m1/s1. The molecule has 3 rings (SSSR count). The van der Waals surface area contributed by atoms with E-state index in [2.05, 4.69) is 48.0 Å². The molecule has 1 aromatic carbocycles. The van der Waals surface area contributed by atoms with Crippen LogP contribution < -0.4 is 0 Å². The second-order valence-electron chi connectivity index (χ2n) is 6.66. The molecule has 2 heterocycles. The minimum atomic E-state index is 0.349. The van der Waals surface area contributed by atoms with Gasteiger partial charge in [0.25, 0.3) is 0 Å². The molecular formula is C18H26N2O. The van der Waals surface area contributed by atoms with Gasteiger partial charge in [-0.3, -0.25) is 4.79 Å². The van der Waals surface area contributed by atoms with Crippen molar-refractivity contribution in [2.45, 2.75) is 57.7 Å². The molecule has 0 aromatic heterocycles. The van der Waals surface area contributed by atoms with E-state index in [9.17, 15) is 4.79 Å². The van der Waals surface area contributed by atoms with E-state index in [4.69, 9.17) is 0 Å². The number of carbonyl (C=O) groups is 1. The molecule has 3 heteroatoms. The smallest absolute Gasteiger partial charge is 0.223 e. The van der Waals surface area contributed by atoms with Crippen LogP contribution in [-0.2, 0) is 11.3 Å². The number of carbonyl (C=O) groups excluding carboxylic acids is 1. The molecule has 2 saturated heterocycles. The number of likely N-dealkylation sites (tertiary alicyclic amines) is 2. The van der Waals surface area contributed by atoms with Crippen molar-refractivity contribution in [2.24, 2.45) is 0 Å². The van der Waals surface area contributed by atoms with Crippen molar-refractivity contribution < 1.29 is 4.79 Å². The second kappa shape index (κ2) is 6.18. The van der Waals surface area contributed by atoms with Crippen LogP contribution in [0.2, 0.25) is 0 Å². The van der Waals surface area contributed by atoms with E-state index in [-0.39, 0.29) is 0 Å². The van der Waals surface area contributed by atoms with Gasteiger partial charge < -0.3 is 9.80 Å². The Hall–Kier alpha value is -1.35. The van der Waals surface area contributed by atoms with Crippen LogP contribution in [0.1, 0.15) is 43.2 Å². The maximum absolute atomic E-state index is 12.6. The lowest BCUT2D eigenvalue weighted by Gasteiger charge is -2.36. The Balaban J connectivity index is 1.83. The summed E-state index contributed by atoms with van der Waals surface area (Å²) >= 11 is 0. The highest BCUT2D eigenvalue weighted by Gasteiger charge is 2.38. The van der Waals surface area contributed by atoms with E-state index in [1.807, 2.05) is 0 Å². The molecule has 3 nitrogen and oxygen atoms in total. The number of nitrogens with zero attached hydrogens (tertiary/aromatic N) is 2. The summed E-state index contributed by atoms with van der Waals surface area (Å²) in [6.45, 7) is 4.01. The molecular weight excluding hydrogens is 260 g/mol. The lowest BCUT2D eigenvalue weighted by atomic mass is 9.96. The highest BCUT2D eigenvalue weighted by molar-refractivity contribution is 5.76. The quantitative estimate of drug-likeness (QED) is 0.834. The normalized spacial score (nSPS) is 27.3. The summed E-state index contributed by atoms with van der Waals surface area (Å²) in [5.41, 5.74) is 2.53. The zero-order chi connectivity index (χ0) is 14.8. The molecule has 2 atom stereocenters. The molecule has 0 spiro atoms. The largest absolute Gasteiger partial charge is 0.334 e. The van der Waals surface area contributed by atoms with Crippen molar-refractivity contribution >= 4 is 5.91 Å². The summed E-state index contributed by atoms with van der Waals surface area (Å²) in [5, 5.41) is 0. The van der Waals surface area contributed by atoms with Gasteiger partial charge in [0.05, 0.1) is 0 Å². The number of amides is 1. The molecule has 0 aliphatic carbocycles. The Bertz CT molecular complexity index is 514. The fourth-order valence-corrected chi connectivity index (χ4v) is 3.94. The molecule has 0 bridgehead atoms. The summed E-state index contributed by atoms with van der Waals surface area (Å²) in [7, 11) is 2.21. The summed E-state index contributed by atoms with van der Waals surface area (Å²) in [6, 6.07) is 9.52. The lowest BCUT2D eigenvalue weighted by molar-refractivity contribution is -0.135. The van der Waals surface area contributed by atoms with Crippen LogP contribution in [0.25, 0.3) is 0 Å². The van der Waals surface area contributed by atoms with E-state index in [1.165, 1.54) is 24.0 Å². The Labute approximate surface area is 127 Å². The number of likely N-dealkylation sites (N-methyl/N-ethyl adjacent to an activating group) is 1. The lowest BCUT2D eigenvalue weighted by Crippen LogP contribution is -2.47. The summed E-state index contributed by atoms with van der Waals surface area (Å²) in [4.78, 5) is 17.2. The molecule has 1 aromatic rings. The SMILES string of the molecule is Cc1cccc(CN2C(=O)CCCC[C@@H]3[C@@H]2CCN3C)c1. The van der Waals surface area contributed by atoms with Gasteiger partial charge in [0, 0.05) is 31.6 Å². The minimum Gasteiger partial charge on any atom is -0.334 e. The fraction of sp³-hybridized carbons (Fsp3) is 0.611. The molecule has 0 unspecified atom stereocenters. The van der Waals surface area contributed by atoms with Crippen molar-refractivity contribution in [2.75, 3.05) is 13.6 Å². The van der Waals surface area contributed by atoms with Crippen molar-refractivity contribution in [3.8, 4) is 0 Å². The van der Waals surface area contributed by atoms with E-state index >= 15 is 0 Å². The van der Waals surface area contributed by atoms with Crippen LogP contribution in [0, 0.1) is 6.92 Å². The van der Waals surface area contributed by atoms with E-state index in [1.54, 1.807) is 0 Å². The van der Waals surface area contributed by atoms with E-state index in [0.717, 1.165) is 32.4 Å². The summed E-state index contributed by atoms with van der Waals surface area (Å²) in [6.07, 6.45) is 5.31. The fourth-order valence-electron chi connectivity index (χ4n) is 3.94. The molecule has 114 valence electrons. The third-order valence-corrected chi connectivity index (χ3v) is 5.08. The van der Waals surface area contributed by atoms with Gasteiger partial charge in [-0.2, -0.15) is 0 Å². The van der Waals surface area contributed by atoms with E-state index in [0.29, 0.717) is 18.0 Å². The van der Waals surface area contributed by atoms with Crippen LogP contribution in [0.15, 0.2) is 24.3 Å². The monoisotopic (exact) mass is 286 g/mol. The van der Waals surface area contributed by atoms with E-state index < -0.39 is 0 Å². The highest BCUT2D eigenvalue weighted by atomic mass is 16.2. The van der Waals surface area contributed by atoms with Gasteiger partial charge in [0.15, 0.2) is 0 Å². The Morgan fingerprint density at radius 3 is 2.86 bits per heavy atom. The van der Waals surface area contributed by atoms with Gasteiger partial charge in [-0.25, -0.2) is 0 Å². The molecule has 2 fully saturated rings. The van der Waals surface area contributed by atoms with Crippen molar-refractivity contribution in [1.29, 1.82) is 0 Å². The van der Waals surface area contributed by atoms with Gasteiger partial charge >= 0.3 is 0 Å². The molecule has 0 radical (unpaired) electrons. The highest BCUT2D eigenvalue weighted by Crippen LogP contribution is 2.30. The minimum absolute atomic E-state index is 0.349. The first-order valence-corrected chi connectivity index (χ1v) is 8.20. The number of rotatable bonds is 2. The number of fused-ring (bicyclic) bond motifs is 1. The average molecular weight is 286 g/mol. The van der Waals surface area contributed by atoms with Crippen LogP contribution in [0.4, 0.5) is 0 Å².